The number of halogens is 2. The first-order chi connectivity index (χ1) is 40.7. The van der Waals surface area contributed by atoms with Gasteiger partial charge in [-0.3, -0.25) is 0 Å². The molecular formula is C79H60Cl2N2O. The minimum Gasteiger partial charge on any atom is -0.455 e. The zero-order chi connectivity index (χ0) is 57.2. The van der Waals surface area contributed by atoms with Crippen LogP contribution < -0.4 is 9.80 Å². The van der Waals surface area contributed by atoms with Gasteiger partial charge in [0, 0.05) is 49.1 Å². The predicted octanol–water partition coefficient (Wildman–Crippen LogP) is 23.3. The molecule has 406 valence electrons. The number of rotatable bonds is 8. The van der Waals surface area contributed by atoms with Crippen molar-refractivity contribution in [2.24, 2.45) is 0 Å². The minimum atomic E-state index is -0.955. The van der Waals surface area contributed by atoms with Crippen LogP contribution in [0.15, 0.2) is 259 Å². The quantitative estimate of drug-likeness (QED) is 0.151. The number of hydrogen-bond acceptors (Lipinski definition) is 3. The largest absolute Gasteiger partial charge is 0.455 e. The number of anilines is 6. The predicted molar refractivity (Wildman–Crippen MR) is 355 cm³/mol. The lowest BCUT2D eigenvalue weighted by Gasteiger charge is -2.34. The Morgan fingerprint density at radius 2 is 0.738 bits per heavy atom. The molecule has 0 N–H and O–H groups in total. The molecule has 3 nitrogen and oxygen atoms in total. The molecule has 0 aliphatic heterocycles. The topological polar surface area (TPSA) is 19.6 Å². The average Bonchev–Trinajstić information content (AvgIpc) is 1.57. The van der Waals surface area contributed by atoms with Gasteiger partial charge < -0.3 is 14.2 Å². The maximum absolute atomic E-state index is 7.54. The molecule has 84 heavy (non-hydrogen) atoms. The number of nitrogens with zero attached hydrogens (tertiary/aromatic N) is 2. The van der Waals surface area contributed by atoms with Gasteiger partial charge in [-0.2, -0.15) is 0 Å². The van der Waals surface area contributed by atoms with Crippen molar-refractivity contribution in [3.63, 3.8) is 0 Å². The first-order valence-electron chi connectivity index (χ1n) is 29.0. The van der Waals surface area contributed by atoms with Crippen LogP contribution in [0.4, 0.5) is 34.1 Å². The van der Waals surface area contributed by atoms with E-state index < -0.39 is 5.41 Å². The summed E-state index contributed by atoms with van der Waals surface area (Å²) in [6.45, 7) is 13.6. The molecular weight excluding hydrogens is 1060 g/mol. The van der Waals surface area contributed by atoms with E-state index in [4.69, 9.17) is 27.6 Å². The van der Waals surface area contributed by atoms with Gasteiger partial charge in [0.1, 0.15) is 11.2 Å². The van der Waals surface area contributed by atoms with Crippen LogP contribution in [0.5, 0.6) is 0 Å². The molecule has 15 rings (SSSR count). The highest BCUT2D eigenvalue weighted by atomic mass is 35.5. The van der Waals surface area contributed by atoms with Gasteiger partial charge in [0.05, 0.1) is 22.2 Å². The lowest BCUT2D eigenvalue weighted by molar-refractivity contribution is 0.590. The first kappa shape index (κ1) is 51.7. The second-order valence-electron chi connectivity index (χ2n) is 24.7. The van der Waals surface area contributed by atoms with Crippen molar-refractivity contribution < 1.29 is 4.42 Å². The van der Waals surface area contributed by atoms with Crippen LogP contribution in [0.3, 0.4) is 0 Å². The Morgan fingerprint density at radius 3 is 1.23 bits per heavy atom. The van der Waals surface area contributed by atoms with Crippen LogP contribution in [0.25, 0.3) is 77.2 Å². The van der Waals surface area contributed by atoms with Crippen molar-refractivity contribution in [3.05, 3.63) is 298 Å². The van der Waals surface area contributed by atoms with Crippen LogP contribution >= 0.6 is 23.2 Å². The molecule has 0 saturated carbocycles. The van der Waals surface area contributed by atoms with Crippen molar-refractivity contribution in [3.8, 4) is 44.5 Å². The highest BCUT2D eigenvalue weighted by molar-refractivity contribution is 6.32. The summed E-state index contributed by atoms with van der Waals surface area (Å²) < 4.78 is 7.54. The highest BCUT2D eigenvalue weighted by Gasteiger charge is 2.54. The maximum Gasteiger partial charge on any atom is 0.145 e. The van der Waals surface area contributed by atoms with Gasteiger partial charge in [-0.15, -0.1) is 0 Å². The summed E-state index contributed by atoms with van der Waals surface area (Å²) in [6, 6.07) is 92.9. The molecule has 5 heteroatoms. The Balaban J connectivity index is 1.08. The molecule has 0 atom stereocenters. The van der Waals surface area contributed by atoms with E-state index in [1.165, 1.54) is 16.7 Å². The van der Waals surface area contributed by atoms with Gasteiger partial charge in [-0.1, -0.05) is 229 Å². The Bertz CT molecular complexity index is 4670. The van der Waals surface area contributed by atoms with Gasteiger partial charge in [0.15, 0.2) is 0 Å². The standard InChI is InChI=1S/C79H60Cl2N2O/c1-77(2,3)53-29-39-59(40-30-53)82(57-35-25-51(26-36-57)49-17-9-7-10-18-49)70-47-68-73(64-22-14-13-21-63(64)70)75-69(79(68)66-45-55(80)33-43-61(66)62-44-34-56(81)46-67(62)79)48-71(74-65-23-15-16-24-72(65)84-76(74)75)83(60-41-31-54(32-42-60)78(4,5)6)58-37-27-52(28-38-58)50-19-11-8-12-20-50/h7-48H,1-6H3. The van der Waals surface area contributed by atoms with Crippen molar-refractivity contribution in [2.75, 3.05) is 9.80 Å². The van der Waals surface area contributed by atoms with Gasteiger partial charge in [0.2, 0.25) is 0 Å². The Morgan fingerprint density at radius 1 is 0.345 bits per heavy atom. The van der Waals surface area contributed by atoms with Crippen molar-refractivity contribution in [1.29, 1.82) is 0 Å². The third-order valence-corrected chi connectivity index (χ3v) is 18.2. The molecule has 1 spiro atoms. The summed E-state index contributed by atoms with van der Waals surface area (Å²) in [5.74, 6) is 0. The molecule has 1 heterocycles. The molecule has 0 fully saturated rings. The fourth-order valence-electron chi connectivity index (χ4n) is 13.6. The molecule has 2 aliphatic carbocycles. The van der Waals surface area contributed by atoms with E-state index in [9.17, 15) is 0 Å². The number of hydrogen-bond donors (Lipinski definition) is 0. The summed E-state index contributed by atoms with van der Waals surface area (Å²) >= 11 is 14.8. The van der Waals surface area contributed by atoms with E-state index in [1.807, 2.05) is 12.1 Å². The normalized spacial score (nSPS) is 13.1. The van der Waals surface area contributed by atoms with Gasteiger partial charge >= 0.3 is 0 Å². The number of para-hydroxylation sites is 1. The molecule has 2 aliphatic rings. The zero-order valence-electron chi connectivity index (χ0n) is 47.8. The smallest absolute Gasteiger partial charge is 0.145 e. The second kappa shape index (κ2) is 19.5. The fraction of sp³-hybridized carbons (Fsp3) is 0.114. The third-order valence-electron chi connectivity index (χ3n) is 17.7. The van der Waals surface area contributed by atoms with E-state index in [2.05, 4.69) is 294 Å². The monoisotopic (exact) mass is 1120 g/mol. The molecule has 0 saturated heterocycles. The summed E-state index contributed by atoms with van der Waals surface area (Å²) in [7, 11) is 0. The van der Waals surface area contributed by atoms with Crippen LogP contribution in [0, 0.1) is 0 Å². The minimum absolute atomic E-state index is 0.0389. The average molecular weight is 1120 g/mol. The first-order valence-corrected chi connectivity index (χ1v) is 29.8. The van der Waals surface area contributed by atoms with Crippen molar-refractivity contribution in [2.45, 2.75) is 57.8 Å². The second-order valence-corrected chi connectivity index (χ2v) is 25.6. The maximum atomic E-state index is 7.54. The van der Waals surface area contributed by atoms with Crippen LogP contribution in [0.1, 0.15) is 74.9 Å². The van der Waals surface area contributed by atoms with Crippen LogP contribution in [-0.2, 0) is 16.2 Å². The third kappa shape index (κ3) is 8.16. The lowest BCUT2D eigenvalue weighted by atomic mass is 9.70. The Labute approximate surface area is 501 Å². The highest BCUT2D eigenvalue weighted by Crippen LogP contribution is 2.68. The zero-order valence-corrected chi connectivity index (χ0v) is 49.3. The van der Waals surface area contributed by atoms with Crippen molar-refractivity contribution in [1.82, 2.24) is 0 Å². The van der Waals surface area contributed by atoms with Crippen molar-refractivity contribution >= 4 is 90.0 Å². The summed E-state index contributed by atoms with van der Waals surface area (Å²) in [5, 5.41) is 5.60. The van der Waals surface area contributed by atoms with E-state index in [0.717, 1.165) is 128 Å². The fourth-order valence-corrected chi connectivity index (χ4v) is 14.0. The molecule has 0 amide bonds. The lowest BCUT2D eigenvalue weighted by Crippen LogP contribution is -2.27. The molecule has 0 unspecified atom stereocenters. The van der Waals surface area contributed by atoms with E-state index in [0.29, 0.717) is 10.0 Å². The number of furan rings is 1. The SMILES string of the molecule is CC(C)(C)c1ccc(N(c2ccc(-c3ccccc3)cc2)c2cc3c(c4ccccc24)-c2c(cc(N(c4ccc(-c5ccccc5)cc4)c4ccc(C(C)(C)C)cc4)c4c2oc2ccccc24)C32c3cc(Cl)ccc3-c3ccc(Cl)cc32)cc1. The summed E-state index contributed by atoms with van der Waals surface area (Å²) in [4.78, 5) is 4.90. The Kier molecular flexibility index (Phi) is 12.0. The van der Waals surface area contributed by atoms with E-state index in [-0.39, 0.29) is 10.8 Å². The van der Waals surface area contributed by atoms with Crippen LogP contribution in [-0.4, -0.2) is 0 Å². The molecule has 1 aromatic heterocycles. The number of benzene rings is 12. The molecule has 13 aromatic rings. The molecule has 0 radical (unpaired) electrons. The van der Waals surface area contributed by atoms with Gasteiger partial charge in [-0.05, 0) is 180 Å². The van der Waals surface area contributed by atoms with Gasteiger partial charge in [0.25, 0.3) is 0 Å². The Hall–Kier alpha value is -9.12. The van der Waals surface area contributed by atoms with Gasteiger partial charge in [-0.25, -0.2) is 0 Å². The molecule has 12 aromatic carbocycles. The molecule has 0 bridgehead atoms. The van der Waals surface area contributed by atoms with E-state index >= 15 is 0 Å². The van der Waals surface area contributed by atoms with Crippen LogP contribution in [0.2, 0.25) is 10.0 Å². The summed E-state index contributed by atoms with van der Waals surface area (Å²) in [5.41, 5.74) is 22.8. The summed E-state index contributed by atoms with van der Waals surface area (Å²) in [6.07, 6.45) is 0. The number of fused-ring (bicyclic) bond motifs is 16. The van der Waals surface area contributed by atoms with E-state index in [1.54, 1.807) is 0 Å².